The molecular weight excluding hydrogens is 414 g/mol. The van der Waals surface area contributed by atoms with Gasteiger partial charge in [-0.25, -0.2) is 4.98 Å². The summed E-state index contributed by atoms with van der Waals surface area (Å²) in [5, 5.41) is 18.7. The predicted molar refractivity (Wildman–Crippen MR) is 126 cm³/mol. The Labute approximate surface area is 193 Å². The van der Waals surface area contributed by atoms with Crippen molar-refractivity contribution in [2.45, 2.75) is 50.1 Å². The van der Waals surface area contributed by atoms with Crippen molar-refractivity contribution < 1.29 is 4.74 Å². The molecular formula is C25H29N7O. The molecule has 2 saturated heterocycles. The molecule has 8 heteroatoms. The molecule has 0 bridgehead atoms. The van der Waals surface area contributed by atoms with Gasteiger partial charge in [0.2, 0.25) is 0 Å². The number of aromatic nitrogens is 4. The third kappa shape index (κ3) is 3.56. The van der Waals surface area contributed by atoms with Crippen LogP contribution in [0, 0.1) is 11.3 Å². The summed E-state index contributed by atoms with van der Waals surface area (Å²) in [6, 6.07) is 9.84. The fourth-order valence-corrected chi connectivity index (χ4v) is 5.49. The lowest BCUT2D eigenvalue weighted by Crippen LogP contribution is -2.45. The van der Waals surface area contributed by atoms with Crippen LogP contribution >= 0.6 is 0 Å². The molecule has 1 saturated carbocycles. The predicted octanol–water partition coefficient (Wildman–Crippen LogP) is 3.26. The lowest BCUT2D eigenvalue weighted by Gasteiger charge is -2.39. The first kappa shape index (κ1) is 20.6. The second kappa shape index (κ2) is 8.08. The number of aromatic amines is 1. The number of rotatable bonds is 4. The number of pyridine rings is 2. The lowest BCUT2D eigenvalue weighted by atomic mass is 9.72. The Morgan fingerprint density at radius 2 is 2.03 bits per heavy atom. The van der Waals surface area contributed by atoms with Crippen LogP contribution in [0.1, 0.15) is 38.2 Å². The molecule has 170 valence electrons. The van der Waals surface area contributed by atoms with Gasteiger partial charge in [-0.05, 0) is 56.4 Å². The highest BCUT2D eigenvalue weighted by Crippen LogP contribution is 2.43. The normalized spacial score (nSPS) is 23.5. The van der Waals surface area contributed by atoms with Crippen molar-refractivity contribution in [2.24, 2.45) is 0 Å². The van der Waals surface area contributed by atoms with E-state index in [4.69, 9.17) is 9.72 Å². The Morgan fingerprint density at radius 1 is 1.18 bits per heavy atom. The van der Waals surface area contributed by atoms with E-state index in [2.05, 4.69) is 44.0 Å². The van der Waals surface area contributed by atoms with E-state index < -0.39 is 5.41 Å². The summed E-state index contributed by atoms with van der Waals surface area (Å²) < 4.78 is 5.68. The number of piperidine rings is 1. The topological polar surface area (TPSA) is 94.0 Å². The van der Waals surface area contributed by atoms with Crippen LogP contribution < -0.4 is 4.90 Å². The Hall–Kier alpha value is -3.02. The summed E-state index contributed by atoms with van der Waals surface area (Å²) in [5.41, 5.74) is 3.00. The molecule has 3 aliphatic rings. The van der Waals surface area contributed by atoms with E-state index in [1.54, 1.807) is 6.20 Å². The molecule has 3 fully saturated rings. The number of ether oxygens (including phenoxy) is 1. The fraction of sp³-hybridized carbons (Fsp3) is 0.520. The Balaban J connectivity index is 1.52. The fourth-order valence-electron chi connectivity index (χ4n) is 5.49. The van der Waals surface area contributed by atoms with E-state index in [0.717, 1.165) is 72.2 Å². The number of fused-ring (bicyclic) bond motifs is 1. The summed E-state index contributed by atoms with van der Waals surface area (Å²) in [6.45, 7) is 6.26. The molecule has 8 nitrogen and oxygen atoms in total. The summed E-state index contributed by atoms with van der Waals surface area (Å²) in [5.74, 6) is 0.904. The number of anilines is 1. The van der Waals surface area contributed by atoms with Crippen LogP contribution in [0.25, 0.3) is 22.3 Å². The molecule has 6 rings (SSSR count). The molecule has 0 radical (unpaired) electrons. The van der Waals surface area contributed by atoms with Crippen molar-refractivity contribution in [1.29, 1.82) is 5.26 Å². The minimum atomic E-state index is -0.524. The minimum Gasteiger partial charge on any atom is -0.377 e. The zero-order valence-corrected chi connectivity index (χ0v) is 19.0. The molecule has 0 spiro atoms. The highest BCUT2D eigenvalue weighted by atomic mass is 16.5. The lowest BCUT2D eigenvalue weighted by molar-refractivity contribution is 0.0985. The van der Waals surface area contributed by atoms with E-state index in [1.807, 2.05) is 18.3 Å². The van der Waals surface area contributed by atoms with E-state index in [1.165, 1.54) is 12.8 Å². The van der Waals surface area contributed by atoms with E-state index >= 15 is 0 Å². The maximum absolute atomic E-state index is 10.5. The molecule has 5 heterocycles. The largest absolute Gasteiger partial charge is 0.377 e. The van der Waals surface area contributed by atoms with Crippen molar-refractivity contribution in [2.75, 3.05) is 37.7 Å². The first-order valence-electron chi connectivity index (χ1n) is 12.0. The summed E-state index contributed by atoms with van der Waals surface area (Å²) in [7, 11) is 0. The molecule has 1 aliphatic carbocycles. The zero-order valence-electron chi connectivity index (χ0n) is 19.0. The van der Waals surface area contributed by atoms with Crippen LogP contribution in [-0.2, 0) is 10.2 Å². The van der Waals surface area contributed by atoms with Crippen LogP contribution in [0.2, 0.25) is 0 Å². The third-order valence-electron chi connectivity index (χ3n) is 7.58. The number of morpholine rings is 1. The van der Waals surface area contributed by atoms with E-state index in [9.17, 15) is 5.26 Å². The van der Waals surface area contributed by atoms with Crippen LogP contribution in [-0.4, -0.2) is 70.0 Å². The van der Waals surface area contributed by atoms with E-state index in [-0.39, 0.29) is 6.04 Å². The molecule has 2 aliphatic heterocycles. The number of nitrogens with zero attached hydrogens (tertiary/aromatic N) is 6. The second-order valence-electron chi connectivity index (χ2n) is 9.63. The zero-order chi connectivity index (χ0) is 22.4. The van der Waals surface area contributed by atoms with Gasteiger partial charge in [0, 0.05) is 43.5 Å². The molecule has 33 heavy (non-hydrogen) atoms. The monoisotopic (exact) mass is 443 g/mol. The standard InChI is InChI=1S/C25H29N7O/c1-17-15-33-13-12-32(17)22-14-20(25(16-26)6-10-31(11-7-25)18-2-3-18)19-4-8-27-24(23(19)29-22)21-5-9-28-30-21/h4-5,8-9,14,17-18H,2-3,6-7,10-13,15H2,1H3,(H,28,30)/t17-/m1/s1. The van der Waals surface area contributed by atoms with Crippen LogP contribution in [0.3, 0.4) is 0 Å². The first-order valence-corrected chi connectivity index (χ1v) is 12.0. The molecule has 0 aromatic carbocycles. The van der Waals surface area contributed by atoms with Crippen molar-refractivity contribution in [3.8, 4) is 17.5 Å². The van der Waals surface area contributed by atoms with Crippen molar-refractivity contribution in [1.82, 2.24) is 25.1 Å². The Morgan fingerprint density at radius 3 is 2.73 bits per heavy atom. The van der Waals surface area contributed by atoms with Gasteiger partial charge in [-0.3, -0.25) is 10.1 Å². The maximum Gasteiger partial charge on any atom is 0.130 e. The Bertz CT molecular complexity index is 1190. The third-order valence-corrected chi connectivity index (χ3v) is 7.58. The molecule has 1 atom stereocenters. The van der Waals surface area contributed by atoms with Gasteiger partial charge in [0.1, 0.15) is 17.0 Å². The molecule has 0 amide bonds. The van der Waals surface area contributed by atoms with Gasteiger partial charge in [-0.1, -0.05) is 0 Å². The van der Waals surface area contributed by atoms with E-state index in [0.29, 0.717) is 13.2 Å². The highest BCUT2D eigenvalue weighted by Gasteiger charge is 2.42. The first-order chi connectivity index (χ1) is 16.2. The average Bonchev–Trinajstić information content (AvgIpc) is 3.57. The number of nitriles is 1. The van der Waals surface area contributed by atoms with Gasteiger partial charge in [0.05, 0.1) is 36.4 Å². The summed E-state index contributed by atoms with van der Waals surface area (Å²) >= 11 is 0. The molecule has 3 aromatic heterocycles. The molecule has 0 unspecified atom stereocenters. The second-order valence-corrected chi connectivity index (χ2v) is 9.63. The highest BCUT2D eigenvalue weighted by molar-refractivity contribution is 5.94. The van der Waals surface area contributed by atoms with Crippen molar-refractivity contribution in [3.05, 3.63) is 36.2 Å². The Kier molecular flexibility index (Phi) is 5.04. The van der Waals surface area contributed by atoms with Gasteiger partial charge in [-0.2, -0.15) is 10.4 Å². The van der Waals surface area contributed by atoms with Gasteiger partial charge in [0.15, 0.2) is 0 Å². The van der Waals surface area contributed by atoms with Crippen LogP contribution in [0.5, 0.6) is 0 Å². The number of hydrogen-bond acceptors (Lipinski definition) is 7. The number of H-pyrrole nitrogens is 1. The van der Waals surface area contributed by atoms with Crippen LogP contribution in [0.15, 0.2) is 30.6 Å². The van der Waals surface area contributed by atoms with Crippen molar-refractivity contribution in [3.63, 3.8) is 0 Å². The molecule has 1 N–H and O–H groups in total. The SMILES string of the molecule is C[C@@H]1COCCN1c1cc(C2(C#N)CCN(C3CC3)CC2)c2ccnc(-c3ccn[nH]3)c2n1. The maximum atomic E-state index is 10.5. The number of nitrogens with one attached hydrogen (secondary N) is 1. The smallest absolute Gasteiger partial charge is 0.130 e. The van der Waals surface area contributed by atoms with Crippen LogP contribution in [0.4, 0.5) is 5.82 Å². The minimum absolute atomic E-state index is 0.221. The van der Waals surface area contributed by atoms with Gasteiger partial charge < -0.3 is 14.5 Å². The molecule has 3 aromatic rings. The van der Waals surface area contributed by atoms with Gasteiger partial charge in [0.25, 0.3) is 0 Å². The average molecular weight is 444 g/mol. The van der Waals surface area contributed by atoms with Gasteiger partial charge >= 0.3 is 0 Å². The van der Waals surface area contributed by atoms with Gasteiger partial charge in [-0.15, -0.1) is 0 Å². The quantitative estimate of drug-likeness (QED) is 0.661. The summed E-state index contributed by atoms with van der Waals surface area (Å²) in [6.07, 6.45) is 7.85. The summed E-state index contributed by atoms with van der Waals surface area (Å²) in [4.78, 5) is 14.7. The van der Waals surface area contributed by atoms with Crippen molar-refractivity contribution >= 4 is 16.7 Å². The number of hydrogen-bond donors (Lipinski definition) is 1. The number of likely N-dealkylation sites (tertiary alicyclic amines) is 1.